The Kier molecular flexibility index (Phi) is 4.76. The predicted molar refractivity (Wildman–Crippen MR) is 65.8 cm³/mol. The molecule has 1 atom stereocenters. The minimum atomic E-state index is 0.202. The Morgan fingerprint density at radius 2 is 2.19 bits per heavy atom. The minimum Gasteiger partial charge on any atom is -0.394 e. The fourth-order valence-electron chi connectivity index (χ4n) is 1.26. The van der Waals surface area contributed by atoms with E-state index in [0.29, 0.717) is 23.8 Å². The number of hydrogen-bond acceptors (Lipinski definition) is 5. The van der Waals surface area contributed by atoms with Crippen LogP contribution in [0.15, 0.2) is 0 Å². The molecular formula is C10H17ClN4O. The van der Waals surface area contributed by atoms with E-state index in [4.69, 9.17) is 22.1 Å². The second-order valence-electron chi connectivity index (χ2n) is 3.67. The summed E-state index contributed by atoms with van der Waals surface area (Å²) >= 11 is 5.77. The number of rotatable bonds is 5. The van der Waals surface area contributed by atoms with E-state index in [0.717, 1.165) is 6.42 Å². The molecule has 5 nitrogen and oxygen atoms in total. The van der Waals surface area contributed by atoms with E-state index in [1.807, 2.05) is 6.92 Å². The third-order valence-electron chi connectivity index (χ3n) is 2.25. The molecule has 1 heterocycles. The van der Waals surface area contributed by atoms with E-state index >= 15 is 0 Å². The van der Waals surface area contributed by atoms with Gasteiger partial charge in [-0.2, -0.15) is 4.98 Å². The quantitative estimate of drug-likeness (QED) is 0.774. The molecule has 1 aromatic heterocycles. The van der Waals surface area contributed by atoms with Gasteiger partial charge in [0.15, 0.2) is 5.82 Å². The van der Waals surface area contributed by atoms with Gasteiger partial charge in [-0.05, 0) is 31.9 Å². The molecule has 0 saturated heterocycles. The lowest BCUT2D eigenvalue weighted by Gasteiger charge is -2.16. The average molecular weight is 245 g/mol. The van der Waals surface area contributed by atoms with Crippen molar-refractivity contribution in [2.75, 3.05) is 24.8 Å². The summed E-state index contributed by atoms with van der Waals surface area (Å²) in [7, 11) is 1.67. The van der Waals surface area contributed by atoms with Crippen molar-refractivity contribution in [3.05, 3.63) is 11.0 Å². The molecule has 16 heavy (non-hydrogen) atoms. The van der Waals surface area contributed by atoms with Crippen LogP contribution in [0.1, 0.15) is 19.0 Å². The van der Waals surface area contributed by atoms with Crippen molar-refractivity contribution in [3.63, 3.8) is 0 Å². The first kappa shape index (κ1) is 13.0. The third-order valence-corrected chi connectivity index (χ3v) is 2.42. The maximum absolute atomic E-state index is 5.85. The van der Waals surface area contributed by atoms with E-state index in [1.54, 1.807) is 14.0 Å². The van der Waals surface area contributed by atoms with E-state index < -0.39 is 0 Å². The van der Waals surface area contributed by atoms with Gasteiger partial charge < -0.3 is 15.8 Å². The Morgan fingerprint density at radius 1 is 1.50 bits per heavy atom. The zero-order chi connectivity index (χ0) is 12.1. The fraction of sp³-hybridized carbons (Fsp3) is 0.600. The number of nitrogens with one attached hydrogen (secondary N) is 1. The summed E-state index contributed by atoms with van der Waals surface area (Å²) in [6.07, 6.45) is 0.872. The standard InChI is InChI=1S/C10H17ClN4O/c1-6(4-5-16-3)13-9-8(12)7(2)14-10(11)15-9/h6H,4-5,12H2,1-3H3,(H,13,14,15). The molecule has 0 radical (unpaired) electrons. The zero-order valence-corrected chi connectivity index (χ0v) is 10.5. The van der Waals surface area contributed by atoms with Crippen molar-refractivity contribution in [1.82, 2.24) is 9.97 Å². The second-order valence-corrected chi connectivity index (χ2v) is 4.01. The van der Waals surface area contributed by atoms with Crippen LogP contribution in [0.25, 0.3) is 0 Å². The summed E-state index contributed by atoms with van der Waals surface area (Å²) < 4.78 is 5.00. The number of nitrogens with two attached hydrogens (primary N) is 1. The van der Waals surface area contributed by atoms with Crippen LogP contribution in [-0.2, 0) is 4.74 Å². The van der Waals surface area contributed by atoms with Crippen molar-refractivity contribution in [3.8, 4) is 0 Å². The maximum Gasteiger partial charge on any atom is 0.224 e. The number of methoxy groups -OCH3 is 1. The number of anilines is 2. The van der Waals surface area contributed by atoms with Crippen molar-refractivity contribution < 1.29 is 4.74 Å². The molecule has 1 rings (SSSR count). The first-order valence-electron chi connectivity index (χ1n) is 5.09. The van der Waals surface area contributed by atoms with E-state index in [-0.39, 0.29) is 11.3 Å². The van der Waals surface area contributed by atoms with Gasteiger partial charge in [0.05, 0.1) is 11.4 Å². The largest absolute Gasteiger partial charge is 0.394 e. The Labute approximate surface area is 100 Å². The number of hydrogen-bond donors (Lipinski definition) is 2. The number of halogens is 1. The van der Waals surface area contributed by atoms with Crippen LogP contribution in [0, 0.1) is 6.92 Å². The van der Waals surface area contributed by atoms with Crippen LogP contribution in [0.5, 0.6) is 0 Å². The smallest absolute Gasteiger partial charge is 0.224 e. The second kappa shape index (κ2) is 5.86. The SMILES string of the molecule is COCCC(C)Nc1nc(Cl)nc(C)c1N. The molecule has 0 saturated carbocycles. The van der Waals surface area contributed by atoms with E-state index in [2.05, 4.69) is 15.3 Å². The lowest BCUT2D eigenvalue weighted by Crippen LogP contribution is -2.19. The first-order chi connectivity index (χ1) is 7.54. The molecule has 1 unspecified atom stereocenters. The molecule has 0 aromatic carbocycles. The van der Waals surface area contributed by atoms with Gasteiger partial charge in [-0.3, -0.25) is 0 Å². The van der Waals surface area contributed by atoms with Gasteiger partial charge in [0.1, 0.15) is 0 Å². The number of aromatic nitrogens is 2. The molecule has 0 fully saturated rings. The van der Waals surface area contributed by atoms with Gasteiger partial charge in [-0.15, -0.1) is 0 Å². The highest BCUT2D eigenvalue weighted by molar-refractivity contribution is 6.28. The van der Waals surface area contributed by atoms with Crippen LogP contribution in [0.4, 0.5) is 11.5 Å². The summed E-state index contributed by atoms with van der Waals surface area (Å²) in [5, 5.41) is 3.39. The lowest BCUT2D eigenvalue weighted by molar-refractivity contribution is 0.191. The van der Waals surface area contributed by atoms with Gasteiger partial charge in [-0.1, -0.05) is 0 Å². The van der Waals surface area contributed by atoms with Crippen LogP contribution in [0.3, 0.4) is 0 Å². The van der Waals surface area contributed by atoms with Gasteiger partial charge in [0, 0.05) is 19.8 Å². The van der Waals surface area contributed by atoms with E-state index in [1.165, 1.54) is 0 Å². The summed E-state index contributed by atoms with van der Waals surface area (Å²) in [4.78, 5) is 8.03. The van der Waals surface area contributed by atoms with Crippen molar-refractivity contribution in [2.24, 2.45) is 0 Å². The molecular weight excluding hydrogens is 228 g/mol. The summed E-state index contributed by atoms with van der Waals surface area (Å²) in [6, 6.07) is 0.215. The molecule has 0 bridgehead atoms. The molecule has 0 amide bonds. The van der Waals surface area contributed by atoms with Crippen LogP contribution in [0.2, 0.25) is 5.28 Å². The molecule has 3 N–H and O–H groups in total. The molecule has 1 aromatic rings. The fourth-order valence-corrected chi connectivity index (χ4v) is 1.47. The summed E-state index contributed by atoms with van der Waals surface area (Å²) in [5.41, 5.74) is 7.07. The Morgan fingerprint density at radius 3 is 2.81 bits per heavy atom. The highest BCUT2D eigenvalue weighted by Gasteiger charge is 2.10. The number of nitrogen functional groups attached to an aromatic ring is 1. The van der Waals surface area contributed by atoms with Crippen LogP contribution >= 0.6 is 11.6 Å². The highest BCUT2D eigenvalue weighted by atomic mass is 35.5. The number of aryl methyl sites for hydroxylation is 1. The van der Waals surface area contributed by atoms with Crippen molar-refractivity contribution in [2.45, 2.75) is 26.3 Å². The minimum absolute atomic E-state index is 0.202. The average Bonchev–Trinajstić information content (AvgIpc) is 2.22. The summed E-state index contributed by atoms with van der Waals surface area (Å²) in [6.45, 7) is 4.52. The molecule has 0 aliphatic carbocycles. The Balaban J connectivity index is 2.72. The molecule has 0 aliphatic heterocycles. The summed E-state index contributed by atoms with van der Waals surface area (Å²) in [5.74, 6) is 0.584. The lowest BCUT2D eigenvalue weighted by atomic mass is 10.2. The third kappa shape index (κ3) is 3.50. The van der Waals surface area contributed by atoms with Crippen LogP contribution < -0.4 is 11.1 Å². The topological polar surface area (TPSA) is 73.1 Å². The highest BCUT2D eigenvalue weighted by Crippen LogP contribution is 2.21. The monoisotopic (exact) mass is 244 g/mol. The number of ether oxygens (including phenoxy) is 1. The van der Waals surface area contributed by atoms with Crippen molar-refractivity contribution in [1.29, 1.82) is 0 Å². The Bertz CT molecular complexity index is 359. The zero-order valence-electron chi connectivity index (χ0n) is 9.75. The molecule has 90 valence electrons. The maximum atomic E-state index is 5.85. The van der Waals surface area contributed by atoms with Crippen molar-refractivity contribution >= 4 is 23.1 Å². The molecule has 0 spiro atoms. The predicted octanol–water partition coefficient (Wildman–Crippen LogP) is 1.86. The van der Waals surface area contributed by atoms with Crippen LogP contribution in [-0.4, -0.2) is 29.7 Å². The normalized spacial score (nSPS) is 12.5. The molecule has 0 aliphatic rings. The van der Waals surface area contributed by atoms with Gasteiger partial charge >= 0.3 is 0 Å². The van der Waals surface area contributed by atoms with Gasteiger partial charge in [0.25, 0.3) is 0 Å². The molecule has 6 heteroatoms. The first-order valence-corrected chi connectivity index (χ1v) is 5.47. The van der Waals surface area contributed by atoms with E-state index in [9.17, 15) is 0 Å². The van der Waals surface area contributed by atoms with Gasteiger partial charge in [-0.25, -0.2) is 4.98 Å². The number of nitrogens with zero attached hydrogens (tertiary/aromatic N) is 2. The Hall–Kier alpha value is -1.07. The van der Waals surface area contributed by atoms with Gasteiger partial charge in [0.2, 0.25) is 5.28 Å².